The maximum absolute atomic E-state index is 11.3. The van der Waals surface area contributed by atoms with E-state index in [1.807, 2.05) is 0 Å². The van der Waals surface area contributed by atoms with Crippen LogP contribution in [0.15, 0.2) is 18.2 Å². The number of fused-ring (bicyclic) bond motifs is 1. The van der Waals surface area contributed by atoms with Gasteiger partial charge in [-0.2, -0.15) is 0 Å². The van der Waals surface area contributed by atoms with Gasteiger partial charge in [-0.15, -0.1) is 0 Å². The van der Waals surface area contributed by atoms with Crippen molar-refractivity contribution in [3.05, 3.63) is 29.3 Å². The summed E-state index contributed by atoms with van der Waals surface area (Å²) in [7, 11) is 0. The number of hydrogen-bond acceptors (Lipinski definition) is 4. The summed E-state index contributed by atoms with van der Waals surface area (Å²) in [4.78, 5) is 11.3. The molecular formula is C12H14O4. The molecule has 0 radical (unpaired) electrons. The van der Waals surface area contributed by atoms with Gasteiger partial charge in [0.1, 0.15) is 5.75 Å². The van der Waals surface area contributed by atoms with E-state index in [1.54, 1.807) is 25.1 Å². The molecule has 86 valence electrons. The Morgan fingerprint density at radius 3 is 3.19 bits per heavy atom. The highest BCUT2D eigenvalue weighted by atomic mass is 16.5. The van der Waals surface area contributed by atoms with Gasteiger partial charge in [0.25, 0.3) is 0 Å². The lowest BCUT2D eigenvalue weighted by atomic mass is 10.0. The van der Waals surface area contributed by atoms with Gasteiger partial charge in [0.15, 0.2) is 6.10 Å². The van der Waals surface area contributed by atoms with Gasteiger partial charge < -0.3 is 14.6 Å². The molecule has 1 aromatic carbocycles. The molecule has 0 bridgehead atoms. The Bertz CT molecular complexity index is 400. The first-order valence-corrected chi connectivity index (χ1v) is 5.32. The van der Waals surface area contributed by atoms with Crippen molar-refractivity contribution in [3.63, 3.8) is 0 Å². The summed E-state index contributed by atoms with van der Waals surface area (Å²) in [6.07, 6.45) is -0.385. The second-order valence-electron chi connectivity index (χ2n) is 3.62. The van der Waals surface area contributed by atoms with Gasteiger partial charge in [0.2, 0.25) is 0 Å². The Balaban J connectivity index is 2.18. The minimum absolute atomic E-state index is 0.268. The van der Waals surface area contributed by atoms with Crippen molar-refractivity contribution in [2.75, 3.05) is 13.2 Å². The van der Waals surface area contributed by atoms with Crippen molar-refractivity contribution >= 4 is 5.97 Å². The van der Waals surface area contributed by atoms with E-state index in [2.05, 4.69) is 0 Å². The normalized spacial score (nSPS) is 15.1. The molecule has 2 rings (SSSR count). The van der Waals surface area contributed by atoms with E-state index >= 15 is 0 Å². The van der Waals surface area contributed by atoms with Crippen LogP contribution >= 0.6 is 0 Å². The Morgan fingerprint density at radius 1 is 1.62 bits per heavy atom. The first-order valence-electron chi connectivity index (χ1n) is 5.32. The third-order valence-corrected chi connectivity index (χ3v) is 2.54. The van der Waals surface area contributed by atoms with Crippen LogP contribution in [-0.4, -0.2) is 24.3 Å². The first-order chi connectivity index (χ1) is 7.72. The molecule has 16 heavy (non-hydrogen) atoms. The average molecular weight is 222 g/mol. The van der Waals surface area contributed by atoms with Gasteiger partial charge >= 0.3 is 5.97 Å². The van der Waals surface area contributed by atoms with Crippen LogP contribution in [0.25, 0.3) is 0 Å². The van der Waals surface area contributed by atoms with Crippen molar-refractivity contribution in [3.8, 4) is 5.75 Å². The summed E-state index contributed by atoms with van der Waals surface area (Å²) in [5.74, 6) is 0.223. The van der Waals surface area contributed by atoms with Gasteiger partial charge in [-0.25, -0.2) is 4.79 Å². The zero-order valence-electron chi connectivity index (χ0n) is 9.10. The first kappa shape index (κ1) is 11.0. The zero-order valence-corrected chi connectivity index (χ0v) is 9.10. The Morgan fingerprint density at radius 2 is 2.44 bits per heavy atom. The number of carbonyl (C=O) groups excluding carboxylic acids is 1. The van der Waals surface area contributed by atoms with E-state index in [4.69, 9.17) is 9.47 Å². The summed E-state index contributed by atoms with van der Waals surface area (Å²) < 4.78 is 10.1. The summed E-state index contributed by atoms with van der Waals surface area (Å²) in [5, 5.41) is 9.74. The number of aliphatic hydroxyl groups excluding tert-OH is 1. The van der Waals surface area contributed by atoms with Crippen LogP contribution in [0, 0.1) is 0 Å². The second-order valence-corrected chi connectivity index (χ2v) is 3.62. The maximum Gasteiger partial charge on any atom is 0.339 e. The zero-order chi connectivity index (χ0) is 11.5. The standard InChI is InChI=1S/C12H14O4/c1-2-15-12(14)11(13)9-3-4-10-8(7-9)5-6-16-10/h3-4,7,11,13H,2,5-6H2,1H3/t11-/m0/s1. The molecule has 1 aromatic rings. The van der Waals surface area contributed by atoms with Crippen LogP contribution in [0.4, 0.5) is 0 Å². The monoisotopic (exact) mass is 222 g/mol. The lowest BCUT2D eigenvalue weighted by Gasteiger charge is -2.10. The molecule has 1 atom stereocenters. The van der Waals surface area contributed by atoms with E-state index in [0.29, 0.717) is 12.2 Å². The maximum atomic E-state index is 11.3. The van der Waals surface area contributed by atoms with Gasteiger partial charge in [-0.05, 0) is 30.2 Å². The minimum Gasteiger partial charge on any atom is -0.493 e. The molecular weight excluding hydrogens is 208 g/mol. The number of esters is 1. The van der Waals surface area contributed by atoms with Gasteiger partial charge in [-0.1, -0.05) is 6.07 Å². The fourth-order valence-corrected chi connectivity index (χ4v) is 1.73. The molecule has 1 aliphatic rings. The fourth-order valence-electron chi connectivity index (χ4n) is 1.73. The summed E-state index contributed by atoms with van der Waals surface area (Å²) in [6.45, 7) is 2.64. The molecule has 0 amide bonds. The molecule has 4 nitrogen and oxygen atoms in total. The molecule has 0 aromatic heterocycles. The van der Waals surface area contributed by atoms with Crippen molar-refractivity contribution in [1.82, 2.24) is 0 Å². The van der Waals surface area contributed by atoms with Crippen LogP contribution in [0.2, 0.25) is 0 Å². The van der Waals surface area contributed by atoms with Crippen LogP contribution in [-0.2, 0) is 16.0 Å². The molecule has 0 saturated heterocycles. The SMILES string of the molecule is CCOC(=O)[C@@H](O)c1ccc2c(c1)CCO2. The highest BCUT2D eigenvalue weighted by molar-refractivity contribution is 5.76. The summed E-state index contributed by atoms with van der Waals surface area (Å²) in [6, 6.07) is 5.26. The average Bonchev–Trinajstić information content (AvgIpc) is 2.75. The second kappa shape index (κ2) is 4.53. The quantitative estimate of drug-likeness (QED) is 0.781. The smallest absolute Gasteiger partial charge is 0.339 e. The number of carbonyl (C=O) groups is 1. The Hall–Kier alpha value is -1.55. The van der Waals surface area contributed by atoms with E-state index < -0.39 is 12.1 Å². The Kier molecular flexibility index (Phi) is 3.10. The molecule has 0 fully saturated rings. The molecule has 4 heteroatoms. The van der Waals surface area contributed by atoms with Crippen molar-refractivity contribution in [2.45, 2.75) is 19.4 Å². The molecule has 0 unspecified atom stereocenters. The molecule has 0 aliphatic carbocycles. The van der Waals surface area contributed by atoms with E-state index in [1.165, 1.54) is 0 Å². The minimum atomic E-state index is -1.20. The molecule has 1 N–H and O–H groups in total. The van der Waals surface area contributed by atoms with Gasteiger partial charge in [-0.3, -0.25) is 0 Å². The van der Waals surface area contributed by atoms with E-state index in [0.717, 1.165) is 17.7 Å². The molecule has 1 heterocycles. The van der Waals surface area contributed by atoms with Crippen LogP contribution < -0.4 is 4.74 Å². The van der Waals surface area contributed by atoms with Crippen LogP contribution in [0.5, 0.6) is 5.75 Å². The fraction of sp³-hybridized carbons (Fsp3) is 0.417. The number of hydrogen-bond donors (Lipinski definition) is 1. The number of aliphatic hydroxyl groups is 1. The third-order valence-electron chi connectivity index (χ3n) is 2.54. The largest absolute Gasteiger partial charge is 0.493 e. The molecule has 0 spiro atoms. The third kappa shape index (κ3) is 2.02. The highest BCUT2D eigenvalue weighted by Crippen LogP contribution is 2.28. The van der Waals surface area contributed by atoms with E-state index in [-0.39, 0.29) is 6.61 Å². The van der Waals surface area contributed by atoms with Crippen molar-refractivity contribution in [2.24, 2.45) is 0 Å². The molecule has 0 saturated carbocycles. The van der Waals surface area contributed by atoms with Gasteiger partial charge in [0.05, 0.1) is 13.2 Å². The highest BCUT2D eigenvalue weighted by Gasteiger charge is 2.21. The number of rotatable bonds is 3. The van der Waals surface area contributed by atoms with Gasteiger partial charge in [0, 0.05) is 6.42 Å². The number of ether oxygens (including phenoxy) is 2. The van der Waals surface area contributed by atoms with Crippen LogP contribution in [0.1, 0.15) is 24.2 Å². The predicted molar refractivity (Wildman–Crippen MR) is 57.2 cm³/mol. The van der Waals surface area contributed by atoms with Crippen molar-refractivity contribution < 1.29 is 19.4 Å². The van der Waals surface area contributed by atoms with E-state index in [9.17, 15) is 9.90 Å². The molecule has 1 aliphatic heterocycles. The predicted octanol–water partition coefficient (Wildman–Crippen LogP) is 1.22. The lowest BCUT2D eigenvalue weighted by Crippen LogP contribution is -2.15. The topological polar surface area (TPSA) is 55.8 Å². The van der Waals surface area contributed by atoms with Crippen LogP contribution in [0.3, 0.4) is 0 Å². The Labute approximate surface area is 93.8 Å². The summed E-state index contributed by atoms with van der Waals surface area (Å²) >= 11 is 0. The number of benzene rings is 1. The van der Waals surface area contributed by atoms with Crippen molar-refractivity contribution in [1.29, 1.82) is 0 Å². The lowest BCUT2D eigenvalue weighted by molar-refractivity contribution is -0.153. The summed E-state index contributed by atoms with van der Waals surface area (Å²) in [5.41, 5.74) is 1.59.